The fraction of sp³-hybridized carbons (Fsp3) is 0.458. The van der Waals surface area contributed by atoms with Crippen LogP contribution in [-0.2, 0) is 14.6 Å². The van der Waals surface area contributed by atoms with Crippen LogP contribution in [0.25, 0.3) is 0 Å². The minimum Gasteiger partial charge on any atom is -0.394 e. The molecule has 4 atom stereocenters. The molecule has 0 saturated heterocycles. The van der Waals surface area contributed by atoms with Crippen LogP contribution in [0.5, 0.6) is 0 Å². The number of carbonyl (C=O) groups is 1. The summed E-state index contributed by atoms with van der Waals surface area (Å²) >= 11 is 6.21. The van der Waals surface area contributed by atoms with Crippen LogP contribution >= 0.6 is 11.6 Å². The van der Waals surface area contributed by atoms with Gasteiger partial charge >= 0.3 is 0 Å². The lowest BCUT2D eigenvalue weighted by molar-refractivity contribution is -0.116. The molecule has 2 bridgehead atoms. The van der Waals surface area contributed by atoms with E-state index >= 15 is 0 Å². The number of hydrogen-bond acceptors (Lipinski definition) is 6. The van der Waals surface area contributed by atoms with Crippen LogP contribution in [0.1, 0.15) is 36.0 Å². The zero-order chi connectivity index (χ0) is 26.3. The summed E-state index contributed by atoms with van der Waals surface area (Å²) in [7, 11) is -4.02. The lowest BCUT2D eigenvalue weighted by atomic mass is 9.75. The Labute approximate surface area is 211 Å². The van der Waals surface area contributed by atoms with Gasteiger partial charge in [-0.25, -0.2) is 21.6 Å². The van der Waals surface area contributed by atoms with E-state index < -0.39 is 44.0 Å². The van der Waals surface area contributed by atoms with Crippen molar-refractivity contribution in [3.63, 3.8) is 0 Å². The summed E-state index contributed by atoms with van der Waals surface area (Å²) in [6, 6.07) is 4.80. The van der Waals surface area contributed by atoms with Crippen LogP contribution in [0.2, 0.25) is 5.02 Å². The molecule has 0 heterocycles. The number of nitrogens with one attached hydrogen (secondary N) is 1. The summed E-state index contributed by atoms with van der Waals surface area (Å²) in [6.07, 6.45) is 1.63. The molecule has 3 N–H and O–H groups in total. The Morgan fingerprint density at radius 1 is 1.11 bits per heavy atom. The van der Waals surface area contributed by atoms with Crippen molar-refractivity contribution in [2.75, 3.05) is 25.1 Å². The first kappa shape index (κ1) is 26.9. The van der Waals surface area contributed by atoms with E-state index in [1.165, 1.54) is 12.1 Å². The highest BCUT2D eigenvalue weighted by Crippen LogP contribution is 2.52. The highest BCUT2D eigenvalue weighted by molar-refractivity contribution is 7.92. The molecule has 2 aromatic rings. The zero-order valence-corrected chi connectivity index (χ0v) is 20.6. The first-order valence-electron chi connectivity index (χ1n) is 11.4. The number of aliphatic hydroxyl groups is 2. The third-order valence-electron chi connectivity index (χ3n) is 7.12. The van der Waals surface area contributed by atoms with E-state index in [-0.39, 0.29) is 65.7 Å². The molecule has 2 aliphatic rings. The molecule has 2 fully saturated rings. The van der Waals surface area contributed by atoms with Gasteiger partial charge in [-0.2, -0.15) is 0 Å². The quantitative estimate of drug-likeness (QED) is 0.343. The van der Waals surface area contributed by atoms with Gasteiger partial charge in [0.2, 0.25) is 0 Å². The predicted octanol–water partition coefficient (Wildman–Crippen LogP) is 3.71. The number of benzene rings is 2. The average Bonchev–Trinajstić information content (AvgIpc) is 2.99. The van der Waals surface area contributed by atoms with Crippen molar-refractivity contribution in [2.24, 2.45) is 11.8 Å². The number of amides is 1. The summed E-state index contributed by atoms with van der Waals surface area (Å²) in [5.74, 6) is -6.16. The van der Waals surface area contributed by atoms with Crippen molar-refractivity contribution in [3.8, 4) is 0 Å². The molecule has 0 spiro atoms. The molecule has 4 rings (SSSR count). The molecule has 0 radical (unpaired) electrons. The Morgan fingerprint density at radius 2 is 1.72 bits per heavy atom. The Morgan fingerprint density at radius 3 is 2.31 bits per heavy atom. The number of ether oxygens (including phenoxy) is 1. The van der Waals surface area contributed by atoms with E-state index in [1.807, 2.05) is 0 Å². The highest BCUT2D eigenvalue weighted by atomic mass is 35.5. The van der Waals surface area contributed by atoms with Gasteiger partial charge in [0, 0.05) is 23.4 Å². The topological polar surface area (TPSA) is 113 Å². The largest absolute Gasteiger partial charge is 0.394 e. The van der Waals surface area contributed by atoms with Crippen molar-refractivity contribution in [2.45, 2.75) is 41.4 Å². The highest BCUT2D eigenvalue weighted by Gasteiger charge is 2.55. The third kappa shape index (κ3) is 4.99. The number of carbonyl (C=O) groups excluding carboxylic acids is 1. The van der Waals surface area contributed by atoms with Crippen LogP contribution in [0.3, 0.4) is 0 Å². The van der Waals surface area contributed by atoms with Crippen LogP contribution in [0.15, 0.2) is 35.2 Å². The van der Waals surface area contributed by atoms with Crippen LogP contribution in [0, 0.1) is 29.3 Å². The smallest absolute Gasteiger partial charge is 0.255 e. The minimum absolute atomic E-state index is 0.0106. The second-order valence-corrected chi connectivity index (χ2v) is 11.8. The summed E-state index contributed by atoms with van der Waals surface area (Å²) in [4.78, 5) is 12.4. The Kier molecular flexibility index (Phi) is 7.68. The van der Waals surface area contributed by atoms with Gasteiger partial charge in [0.1, 0.15) is 0 Å². The van der Waals surface area contributed by atoms with Gasteiger partial charge in [-0.15, -0.1) is 0 Å². The van der Waals surface area contributed by atoms with Gasteiger partial charge in [0.15, 0.2) is 27.3 Å². The van der Waals surface area contributed by atoms with Crippen LogP contribution < -0.4 is 5.32 Å². The van der Waals surface area contributed by atoms with Gasteiger partial charge in [-0.3, -0.25) is 4.79 Å². The van der Waals surface area contributed by atoms with Crippen LogP contribution in [-0.4, -0.2) is 55.2 Å². The lowest BCUT2D eigenvalue weighted by Gasteiger charge is -2.42. The molecule has 0 aromatic heterocycles. The number of anilines is 1. The van der Waals surface area contributed by atoms with Gasteiger partial charge in [-0.1, -0.05) is 11.6 Å². The van der Waals surface area contributed by atoms with Crippen molar-refractivity contribution in [1.29, 1.82) is 0 Å². The lowest BCUT2D eigenvalue weighted by Crippen LogP contribution is -2.51. The van der Waals surface area contributed by atoms with E-state index in [4.69, 9.17) is 21.4 Å². The number of fused-ring (bicyclic) bond motifs is 2. The van der Waals surface area contributed by atoms with Crippen molar-refractivity contribution < 1.29 is 41.3 Å². The Hall–Kier alpha value is -2.18. The first-order valence-corrected chi connectivity index (χ1v) is 13.3. The maximum Gasteiger partial charge on any atom is 0.255 e. The average molecular weight is 548 g/mol. The zero-order valence-electron chi connectivity index (χ0n) is 19.0. The summed E-state index contributed by atoms with van der Waals surface area (Å²) in [6.45, 7) is -0.0995. The molecule has 0 aliphatic heterocycles. The normalized spacial score (nSPS) is 25.7. The second-order valence-electron chi connectivity index (χ2n) is 9.23. The van der Waals surface area contributed by atoms with E-state index in [0.29, 0.717) is 25.0 Å². The molecule has 7 nitrogen and oxygen atoms in total. The van der Waals surface area contributed by atoms with Gasteiger partial charge in [0.25, 0.3) is 5.91 Å². The monoisotopic (exact) mass is 547 g/mol. The van der Waals surface area contributed by atoms with E-state index in [1.54, 1.807) is 0 Å². The van der Waals surface area contributed by atoms with Gasteiger partial charge in [-0.05, 0) is 55.7 Å². The van der Waals surface area contributed by atoms with E-state index in [0.717, 1.165) is 6.07 Å². The molecule has 12 heteroatoms. The molecule has 2 aliphatic carbocycles. The van der Waals surface area contributed by atoms with E-state index in [2.05, 4.69) is 5.32 Å². The van der Waals surface area contributed by atoms with Crippen molar-refractivity contribution in [1.82, 2.24) is 0 Å². The maximum absolute atomic E-state index is 13.6. The van der Waals surface area contributed by atoms with Gasteiger partial charge < -0.3 is 20.3 Å². The van der Waals surface area contributed by atoms with Crippen molar-refractivity contribution in [3.05, 3.63) is 58.4 Å². The fourth-order valence-corrected chi connectivity index (χ4v) is 7.67. The first-order chi connectivity index (χ1) is 17.0. The van der Waals surface area contributed by atoms with Gasteiger partial charge in [0.05, 0.1) is 40.6 Å². The molecular weight excluding hydrogens is 523 g/mol. The molecule has 1 amide bonds. The molecular formula is C24H25ClF3NO6S. The molecule has 196 valence electrons. The number of halogens is 4. The predicted molar refractivity (Wildman–Crippen MR) is 125 cm³/mol. The minimum atomic E-state index is -4.02. The van der Waals surface area contributed by atoms with Crippen molar-refractivity contribution >= 4 is 33.0 Å². The fourth-order valence-electron chi connectivity index (χ4n) is 5.27. The third-order valence-corrected chi connectivity index (χ3v) is 9.78. The Balaban J connectivity index is 1.55. The number of hydrogen-bond donors (Lipinski definition) is 3. The second kappa shape index (κ2) is 10.3. The number of rotatable bonds is 8. The summed E-state index contributed by atoms with van der Waals surface area (Å²) < 4.78 is 72.6. The standard InChI is InChI=1S/C24H25ClF3NO6S/c25-18-4-1-13(23(31)29-16-10-19(26)22(28)20(27)11-16)7-21(18)36(33,34)17-8-14-2-3-15(9-17)24(14,32)12-35-6-5-30/h1,4,7,10-11,14-15,17,30,32H,2-3,5-6,8-9,12H2,(H,29,31)/t14-,15?,17?,24?/m0/s1. The summed E-state index contributed by atoms with van der Waals surface area (Å²) in [5.41, 5.74) is -1.65. The number of sulfone groups is 1. The van der Waals surface area contributed by atoms with Crippen LogP contribution in [0.4, 0.5) is 18.9 Å². The summed E-state index contributed by atoms with van der Waals surface area (Å²) in [5, 5.41) is 21.4. The number of aliphatic hydroxyl groups excluding tert-OH is 1. The molecule has 2 aromatic carbocycles. The maximum atomic E-state index is 13.6. The molecule has 2 saturated carbocycles. The SMILES string of the molecule is O=C(Nc1cc(F)c(F)c(F)c1)c1ccc(Cl)c(S(=O)(=O)C2CC3CC[C@@H](C2)C3(O)COCCO)c1. The Bertz CT molecular complexity index is 1240. The molecule has 3 unspecified atom stereocenters. The molecule has 36 heavy (non-hydrogen) atoms. The van der Waals surface area contributed by atoms with E-state index in [9.17, 15) is 31.5 Å².